The van der Waals surface area contributed by atoms with Crippen LogP contribution in [0.1, 0.15) is 34.7 Å². The molecule has 0 N–H and O–H groups in total. The molecule has 0 unspecified atom stereocenters. The van der Waals surface area contributed by atoms with Crippen molar-refractivity contribution < 1.29 is 8.53 Å². The smallest absolute Gasteiger partial charge is 0.143 e. The first-order valence-electron chi connectivity index (χ1n) is 12.6. The van der Waals surface area contributed by atoms with Crippen molar-refractivity contribution in [3.63, 3.8) is 0 Å². The molecule has 0 amide bonds. The molecule has 0 saturated carbocycles. The minimum absolute atomic E-state index is 0.251. The number of pyridine rings is 1. The third kappa shape index (κ3) is 3.14. The highest BCUT2D eigenvalue weighted by Gasteiger charge is 2.24. The van der Waals surface area contributed by atoms with Crippen LogP contribution in [0.5, 0.6) is 0 Å². The number of hydrogen-bond donors (Lipinski definition) is 0. The van der Waals surface area contributed by atoms with E-state index in [4.69, 9.17) is 13.5 Å². The lowest BCUT2D eigenvalue weighted by atomic mass is 9.78. The number of aryl methyl sites for hydroxylation is 1. The van der Waals surface area contributed by atoms with Gasteiger partial charge in [0.2, 0.25) is 0 Å². The average Bonchev–Trinajstić information content (AvgIpc) is 3.27. The van der Waals surface area contributed by atoms with Gasteiger partial charge in [-0.05, 0) is 53.2 Å². The molecule has 4 aromatic carbocycles. The van der Waals surface area contributed by atoms with Gasteiger partial charge in [-0.2, -0.15) is 0 Å². The highest BCUT2D eigenvalue weighted by Crippen LogP contribution is 2.37. The summed E-state index contributed by atoms with van der Waals surface area (Å²) in [6, 6.07) is 30.0. The molecule has 6 aromatic rings. The topological polar surface area (TPSA) is 26.0 Å². The Balaban J connectivity index is 1.53. The third-order valence-corrected chi connectivity index (χ3v) is 6.74. The van der Waals surface area contributed by atoms with E-state index in [0.717, 1.165) is 49.4 Å². The molecule has 0 bridgehead atoms. The van der Waals surface area contributed by atoms with Crippen molar-refractivity contribution in [2.75, 3.05) is 0 Å². The van der Waals surface area contributed by atoms with Crippen LogP contribution in [0.3, 0.4) is 0 Å². The van der Waals surface area contributed by atoms with Gasteiger partial charge in [0.05, 0.1) is 5.69 Å². The second kappa shape index (κ2) is 7.31. The van der Waals surface area contributed by atoms with Crippen LogP contribution in [-0.4, -0.2) is 4.98 Å². The van der Waals surface area contributed by atoms with Gasteiger partial charge in [-0.3, -0.25) is 4.98 Å². The van der Waals surface area contributed by atoms with Gasteiger partial charge in [0, 0.05) is 37.4 Å². The largest absolute Gasteiger partial charge is 0.455 e. The Bertz CT molecular complexity index is 1750. The van der Waals surface area contributed by atoms with Gasteiger partial charge in [-0.15, -0.1) is 0 Å². The van der Waals surface area contributed by atoms with E-state index in [0.29, 0.717) is 5.69 Å². The van der Waals surface area contributed by atoms with Crippen molar-refractivity contribution in [2.45, 2.75) is 26.1 Å². The van der Waals surface area contributed by atoms with Crippen LogP contribution in [0, 0.1) is 6.85 Å². The normalized spacial score (nSPS) is 13.8. The minimum atomic E-state index is -2.31. The van der Waals surface area contributed by atoms with Gasteiger partial charge in [-0.25, -0.2) is 0 Å². The summed E-state index contributed by atoms with van der Waals surface area (Å²) in [4.78, 5) is 4.74. The van der Waals surface area contributed by atoms with E-state index in [1.54, 1.807) is 6.07 Å². The van der Waals surface area contributed by atoms with Crippen LogP contribution in [0.25, 0.3) is 44.0 Å². The summed E-state index contributed by atoms with van der Waals surface area (Å²) in [5.41, 5.74) is 4.67. The van der Waals surface area contributed by atoms with Gasteiger partial charge in [0.15, 0.2) is 0 Å². The predicted molar refractivity (Wildman–Crippen MR) is 138 cm³/mol. The van der Waals surface area contributed by atoms with E-state index in [1.807, 2.05) is 54.7 Å². The molecule has 0 aliphatic carbocycles. The van der Waals surface area contributed by atoms with Crippen LogP contribution >= 0.6 is 0 Å². The van der Waals surface area contributed by atoms with Gasteiger partial charge < -0.3 is 4.42 Å². The molecule has 2 heterocycles. The van der Waals surface area contributed by atoms with Gasteiger partial charge >= 0.3 is 0 Å². The molecule has 33 heavy (non-hydrogen) atoms. The fourth-order valence-corrected chi connectivity index (χ4v) is 4.71. The number of rotatable bonds is 3. The lowest BCUT2D eigenvalue weighted by molar-refractivity contribution is 0.637. The fourth-order valence-electron chi connectivity index (χ4n) is 4.71. The van der Waals surface area contributed by atoms with Crippen molar-refractivity contribution in [3.05, 3.63) is 114 Å². The van der Waals surface area contributed by atoms with Crippen molar-refractivity contribution >= 4 is 32.7 Å². The number of hydrogen-bond acceptors (Lipinski definition) is 2. The summed E-state index contributed by atoms with van der Waals surface area (Å²) in [5, 5.41) is 4.12. The zero-order valence-corrected chi connectivity index (χ0v) is 18.6. The Kier molecular flexibility index (Phi) is 3.70. The lowest BCUT2D eigenvalue weighted by Gasteiger charge is -2.26. The Labute approximate surface area is 197 Å². The van der Waals surface area contributed by atoms with E-state index >= 15 is 0 Å². The van der Waals surface area contributed by atoms with E-state index in [-0.39, 0.29) is 5.56 Å². The SMILES string of the molecule is [2H]C([2H])([2H])c1cc(C(C)(C)c2ccccc2)cnc1-c1ccc2oc3c4ccccc4ccc3c2c1. The number of nitrogens with zero attached hydrogens (tertiary/aromatic N) is 1. The first-order chi connectivity index (χ1) is 17.2. The van der Waals surface area contributed by atoms with E-state index in [1.165, 1.54) is 0 Å². The molecule has 0 aliphatic heterocycles. The molecular weight excluding hydrogens is 402 g/mol. The number of benzene rings is 4. The molecule has 6 rings (SSSR count). The fraction of sp³-hybridized carbons (Fsp3) is 0.129. The third-order valence-electron chi connectivity index (χ3n) is 6.74. The lowest BCUT2D eigenvalue weighted by Crippen LogP contribution is -2.19. The van der Waals surface area contributed by atoms with E-state index in [2.05, 4.69) is 50.2 Å². The standard InChI is InChI=1S/C31H25NO/c1-20-17-24(31(2,3)23-10-5-4-6-11-23)19-32-29(20)22-14-16-28-27(18-22)26-15-13-21-9-7-8-12-25(21)30(26)33-28/h4-19H,1-3H3/i1D3. The Morgan fingerprint density at radius 3 is 2.42 bits per heavy atom. The van der Waals surface area contributed by atoms with Crippen LogP contribution in [0.15, 0.2) is 102 Å². The molecule has 0 radical (unpaired) electrons. The van der Waals surface area contributed by atoms with Crippen LogP contribution in [0.4, 0.5) is 0 Å². The first kappa shape index (κ1) is 16.7. The number of fused-ring (bicyclic) bond motifs is 5. The summed E-state index contributed by atoms with van der Waals surface area (Å²) in [7, 11) is 0. The number of aromatic nitrogens is 1. The summed E-state index contributed by atoms with van der Waals surface area (Å²) >= 11 is 0. The summed E-state index contributed by atoms with van der Waals surface area (Å²) in [6.07, 6.45) is 1.81. The monoisotopic (exact) mass is 430 g/mol. The van der Waals surface area contributed by atoms with Crippen molar-refractivity contribution in [1.82, 2.24) is 4.98 Å². The van der Waals surface area contributed by atoms with Gasteiger partial charge in [-0.1, -0.05) is 80.6 Å². The molecular formula is C31H25NO. The highest BCUT2D eigenvalue weighted by molar-refractivity contribution is 6.15. The van der Waals surface area contributed by atoms with Gasteiger partial charge in [0.25, 0.3) is 0 Å². The quantitative estimate of drug-likeness (QED) is 0.281. The Morgan fingerprint density at radius 2 is 1.58 bits per heavy atom. The Morgan fingerprint density at radius 1 is 0.758 bits per heavy atom. The molecule has 2 aromatic heterocycles. The number of furan rings is 1. The van der Waals surface area contributed by atoms with E-state index < -0.39 is 12.3 Å². The summed E-state index contributed by atoms with van der Waals surface area (Å²) in [6.45, 7) is 1.88. The molecule has 0 spiro atoms. The molecule has 2 heteroatoms. The van der Waals surface area contributed by atoms with Crippen molar-refractivity contribution in [1.29, 1.82) is 0 Å². The zero-order chi connectivity index (χ0) is 25.1. The van der Waals surface area contributed by atoms with Crippen molar-refractivity contribution in [2.24, 2.45) is 0 Å². The Hall–Kier alpha value is -3.91. The zero-order valence-electron chi connectivity index (χ0n) is 21.6. The molecule has 2 nitrogen and oxygen atoms in total. The minimum Gasteiger partial charge on any atom is -0.455 e. The maximum absolute atomic E-state index is 8.30. The second-order valence-corrected chi connectivity index (χ2v) is 9.09. The van der Waals surface area contributed by atoms with Crippen LogP contribution in [0.2, 0.25) is 0 Å². The first-order valence-corrected chi connectivity index (χ1v) is 11.1. The van der Waals surface area contributed by atoms with Crippen LogP contribution in [-0.2, 0) is 5.41 Å². The molecule has 0 atom stereocenters. The second-order valence-electron chi connectivity index (χ2n) is 9.09. The molecule has 0 saturated heterocycles. The van der Waals surface area contributed by atoms with Gasteiger partial charge in [0.1, 0.15) is 11.2 Å². The maximum atomic E-state index is 8.30. The summed E-state index contributed by atoms with van der Waals surface area (Å²) in [5.74, 6) is 0. The van der Waals surface area contributed by atoms with Crippen LogP contribution < -0.4 is 0 Å². The molecule has 160 valence electrons. The van der Waals surface area contributed by atoms with Crippen molar-refractivity contribution in [3.8, 4) is 11.3 Å². The maximum Gasteiger partial charge on any atom is 0.143 e. The van der Waals surface area contributed by atoms with E-state index in [9.17, 15) is 0 Å². The molecule has 0 aliphatic rings. The summed E-state index contributed by atoms with van der Waals surface area (Å²) < 4.78 is 31.1. The molecule has 0 fully saturated rings. The predicted octanol–water partition coefficient (Wildman–Crippen LogP) is 8.44. The highest BCUT2D eigenvalue weighted by atomic mass is 16.3. The average molecular weight is 431 g/mol.